The fraction of sp³-hybridized carbons (Fsp3) is 0.389. The molecule has 1 fully saturated rings. The van der Waals surface area contributed by atoms with E-state index < -0.39 is 0 Å². The maximum absolute atomic E-state index is 12.4. The molecule has 0 saturated carbocycles. The standard InChI is InChI=1S/C18H22N4O2/c1-12-9-16(19-2)22-17(21-12)13-5-3-6-14(10-13)18(23)20-11-15-7-4-8-24-15/h3,5-6,9-10,15H,4,7-8,11H2,1-2H3,(H,20,23)(H,19,21,22). The number of carbonyl (C=O) groups is 1. The second-order valence-corrected chi connectivity index (χ2v) is 5.89. The summed E-state index contributed by atoms with van der Waals surface area (Å²) in [5.74, 6) is 1.26. The Morgan fingerprint density at radius 1 is 1.33 bits per heavy atom. The SMILES string of the molecule is CNc1cc(C)nc(-c2cccc(C(=O)NCC3CCCO3)c2)n1. The van der Waals surface area contributed by atoms with Crippen LogP contribution in [0.5, 0.6) is 0 Å². The molecule has 1 atom stereocenters. The molecule has 0 spiro atoms. The first-order valence-electron chi connectivity index (χ1n) is 8.19. The van der Waals surface area contributed by atoms with Gasteiger partial charge in [0.15, 0.2) is 5.82 Å². The van der Waals surface area contributed by atoms with Gasteiger partial charge in [0.05, 0.1) is 6.10 Å². The van der Waals surface area contributed by atoms with Crippen LogP contribution in [0.25, 0.3) is 11.4 Å². The summed E-state index contributed by atoms with van der Waals surface area (Å²) in [5, 5.41) is 5.96. The van der Waals surface area contributed by atoms with Gasteiger partial charge in [-0.3, -0.25) is 4.79 Å². The number of nitrogens with zero attached hydrogens (tertiary/aromatic N) is 2. The summed E-state index contributed by atoms with van der Waals surface area (Å²) in [7, 11) is 1.82. The van der Waals surface area contributed by atoms with Crippen LogP contribution in [0.2, 0.25) is 0 Å². The molecule has 0 radical (unpaired) electrons. The average Bonchev–Trinajstić information content (AvgIpc) is 3.12. The second-order valence-electron chi connectivity index (χ2n) is 5.89. The number of carbonyl (C=O) groups excluding carboxylic acids is 1. The van der Waals surface area contributed by atoms with Crippen molar-refractivity contribution in [3.63, 3.8) is 0 Å². The van der Waals surface area contributed by atoms with Gasteiger partial charge in [-0.05, 0) is 31.9 Å². The first kappa shape index (κ1) is 16.4. The topological polar surface area (TPSA) is 76.1 Å². The highest BCUT2D eigenvalue weighted by molar-refractivity contribution is 5.95. The van der Waals surface area contributed by atoms with Crippen LogP contribution < -0.4 is 10.6 Å². The summed E-state index contributed by atoms with van der Waals surface area (Å²) in [4.78, 5) is 21.3. The summed E-state index contributed by atoms with van der Waals surface area (Å²) >= 11 is 0. The summed E-state index contributed by atoms with van der Waals surface area (Å²) in [5.41, 5.74) is 2.29. The first-order valence-corrected chi connectivity index (χ1v) is 8.19. The van der Waals surface area contributed by atoms with Crippen LogP contribution >= 0.6 is 0 Å². The Morgan fingerprint density at radius 3 is 2.96 bits per heavy atom. The molecular weight excluding hydrogens is 304 g/mol. The molecule has 2 aromatic rings. The Hall–Kier alpha value is -2.47. The van der Waals surface area contributed by atoms with Crippen molar-refractivity contribution in [3.8, 4) is 11.4 Å². The van der Waals surface area contributed by atoms with Crippen molar-refractivity contribution in [2.45, 2.75) is 25.9 Å². The van der Waals surface area contributed by atoms with Crippen LogP contribution in [0.4, 0.5) is 5.82 Å². The van der Waals surface area contributed by atoms with Crippen molar-refractivity contribution >= 4 is 11.7 Å². The molecule has 24 heavy (non-hydrogen) atoms. The van der Waals surface area contributed by atoms with Crippen LogP contribution in [0.3, 0.4) is 0 Å². The third-order valence-electron chi connectivity index (χ3n) is 4.01. The molecule has 0 bridgehead atoms. The molecule has 2 N–H and O–H groups in total. The number of aryl methyl sites for hydroxylation is 1. The fourth-order valence-electron chi connectivity index (χ4n) is 2.74. The zero-order chi connectivity index (χ0) is 16.9. The predicted octanol–water partition coefficient (Wildman–Crippen LogP) is 2.40. The Balaban J connectivity index is 1.76. The predicted molar refractivity (Wildman–Crippen MR) is 93.1 cm³/mol. The molecule has 3 rings (SSSR count). The van der Waals surface area contributed by atoms with E-state index in [9.17, 15) is 4.79 Å². The second kappa shape index (κ2) is 7.40. The molecule has 1 amide bonds. The molecule has 0 aliphatic carbocycles. The lowest BCUT2D eigenvalue weighted by atomic mass is 10.1. The van der Waals surface area contributed by atoms with Gasteiger partial charge >= 0.3 is 0 Å². The van der Waals surface area contributed by atoms with Crippen molar-refractivity contribution in [1.82, 2.24) is 15.3 Å². The van der Waals surface area contributed by atoms with Gasteiger partial charge in [0, 0.05) is 43.1 Å². The van der Waals surface area contributed by atoms with E-state index in [1.165, 1.54) is 0 Å². The van der Waals surface area contributed by atoms with Gasteiger partial charge < -0.3 is 15.4 Å². The summed E-state index contributed by atoms with van der Waals surface area (Å²) in [6.45, 7) is 3.26. The number of nitrogens with one attached hydrogen (secondary N) is 2. The highest BCUT2D eigenvalue weighted by Gasteiger charge is 2.17. The number of amides is 1. The van der Waals surface area contributed by atoms with Gasteiger partial charge in [-0.15, -0.1) is 0 Å². The number of rotatable bonds is 5. The van der Waals surface area contributed by atoms with Gasteiger partial charge in [0.1, 0.15) is 5.82 Å². The van der Waals surface area contributed by atoms with Crippen molar-refractivity contribution in [3.05, 3.63) is 41.6 Å². The molecule has 1 aromatic carbocycles. The van der Waals surface area contributed by atoms with Crippen LogP contribution in [-0.4, -0.2) is 42.2 Å². The smallest absolute Gasteiger partial charge is 0.251 e. The van der Waals surface area contributed by atoms with Crippen molar-refractivity contribution in [2.24, 2.45) is 0 Å². The quantitative estimate of drug-likeness (QED) is 0.882. The number of hydrogen-bond acceptors (Lipinski definition) is 5. The minimum absolute atomic E-state index is 0.103. The minimum atomic E-state index is -0.103. The number of hydrogen-bond donors (Lipinski definition) is 2. The maximum Gasteiger partial charge on any atom is 0.251 e. The van der Waals surface area contributed by atoms with E-state index >= 15 is 0 Å². The number of anilines is 1. The molecule has 126 valence electrons. The van der Waals surface area contributed by atoms with Crippen LogP contribution in [-0.2, 0) is 4.74 Å². The van der Waals surface area contributed by atoms with E-state index in [0.717, 1.165) is 36.5 Å². The third-order valence-corrected chi connectivity index (χ3v) is 4.01. The Bertz CT molecular complexity index is 727. The lowest BCUT2D eigenvalue weighted by molar-refractivity contribution is 0.0858. The van der Waals surface area contributed by atoms with E-state index in [1.807, 2.05) is 38.2 Å². The summed E-state index contributed by atoms with van der Waals surface area (Å²) < 4.78 is 5.53. The number of ether oxygens (including phenoxy) is 1. The maximum atomic E-state index is 12.4. The van der Waals surface area contributed by atoms with Gasteiger partial charge in [-0.2, -0.15) is 0 Å². The van der Waals surface area contributed by atoms with Gasteiger partial charge in [0.25, 0.3) is 5.91 Å². The monoisotopic (exact) mass is 326 g/mol. The van der Waals surface area contributed by atoms with E-state index in [0.29, 0.717) is 17.9 Å². The van der Waals surface area contributed by atoms with Crippen LogP contribution in [0.15, 0.2) is 30.3 Å². The van der Waals surface area contributed by atoms with Gasteiger partial charge in [0.2, 0.25) is 0 Å². The largest absolute Gasteiger partial charge is 0.376 e. The fourth-order valence-corrected chi connectivity index (χ4v) is 2.74. The molecular formula is C18H22N4O2. The minimum Gasteiger partial charge on any atom is -0.376 e. The lowest BCUT2D eigenvalue weighted by Gasteiger charge is -2.11. The Kier molecular flexibility index (Phi) is 5.05. The van der Waals surface area contributed by atoms with Crippen molar-refractivity contribution in [1.29, 1.82) is 0 Å². The third kappa shape index (κ3) is 3.89. The molecule has 2 heterocycles. The van der Waals surface area contributed by atoms with Crippen molar-refractivity contribution in [2.75, 3.05) is 25.5 Å². The van der Waals surface area contributed by atoms with Gasteiger partial charge in [-0.1, -0.05) is 12.1 Å². The van der Waals surface area contributed by atoms with Crippen molar-refractivity contribution < 1.29 is 9.53 Å². The van der Waals surface area contributed by atoms with E-state index in [1.54, 1.807) is 6.07 Å². The zero-order valence-corrected chi connectivity index (χ0v) is 14.0. The molecule has 1 aliphatic heterocycles. The highest BCUT2D eigenvalue weighted by atomic mass is 16.5. The average molecular weight is 326 g/mol. The summed E-state index contributed by atoms with van der Waals surface area (Å²) in [6, 6.07) is 9.25. The number of benzene rings is 1. The number of aromatic nitrogens is 2. The van der Waals surface area contributed by atoms with Gasteiger partial charge in [-0.25, -0.2) is 9.97 Å². The molecule has 6 heteroatoms. The zero-order valence-electron chi connectivity index (χ0n) is 14.0. The molecule has 1 aromatic heterocycles. The van der Waals surface area contributed by atoms with E-state index in [-0.39, 0.29) is 12.0 Å². The molecule has 1 saturated heterocycles. The van der Waals surface area contributed by atoms with Crippen LogP contribution in [0, 0.1) is 6.92 Å². The van der Waals surface area contributed by atoms with E-state index in [4.69, 9.17) is 4.74 Å². The molecule has 1 unspecified atom stereocenters. The molecule has 6 nitrogen and oxygen atoms in total. The summed E-state index contributed by atoms with van der Waals surface area (Å²) in [6.07, 6.45) is 2.20. The first-order chi connectivity index (χ1) is 11.7. The Morgan fingerprint density at radius 2 is 2.21 bits per heavy atom. The lowest BCUT2D eigenvalue weighted by Crippen LogP contribution is -2.31. The molecule has 1 aliphatic rings. The Labute approximate surface area is 141 Å². The van der Waals surface area contributed by atoms with E-state index in [2.05, 4.69) is 20.6 Å². The van der Waals surface area contributed by atoms with Crippen LogP contribution in [0.1, 0.15) is 28.9 Å². The highest BCUT2D eigenvalue weighted by Crippen LogP contribution is 2.19. The normalized spacial score (nSPS) is 16.8.